The zero-order valence-electron chi connectivity index (χ0n) is 9.92. The van der Waals surface area contributed by atoms with E-state index in [1.54, 1.807) is 0 Å². The van der Waals surface area contributed by atoms with Gasteiger partial charge >= 0.3 is 0 Å². The van der Waals surface area contributed by atoms with Crippen LogP contribution in [-0.2, 0) is 4.43 Å². The maximum atomic E-state index is 9.45. The Morgan fingerprint density at radius 3 is 2.27 bits per heavy atom. The first-order valence-corrected chi connectivity index (χ1v) is 9.20. The summed E-state index contributed by atoms with van der Waals surface area (Å²) in [4.78, 5) is 2.38. The van der Waals surface area contributed by atoms with Gasteiger partial charge in [-0.3, -0.25) is 4.90 Å². The second-order valence-corrected chi connectivity index (χ2v) is 10.2. The van der Waals surface area contributed by atoms with Gasteiger partial charge < -0.3 is 4.43 Å². The van der Waals surface area contributed by atoms with Crippen molar-refractivity contribution in [3.8, 4) is 6.07 Å². The molecule has 0 aliphatic carbocycles. The van der Waals surface area contributed by atoms with E-state index in [0.29, 0.717) is 5.92 Å². The first kappa shape index (κ1) is 11.1. The van der Waals surface area contributed by atoms with Crippen LogP contribution >= 0.6 is 0 Å². The van der Waals surface area contributed by atoms with E-state index in [4.69, 9.17) is 4.43 Å². The molecule has 0 saturated carbocycles. The SMILES string of the molecule is C[Si](C)(C)OC1(C#N)CN2CCC1CC2. The minimum Gasteiger partial charge on any atom is -0.399 e. The van der Waals surface area contributed by atoms with E-state index >= 15 is 0 Å². The van der Waals surface area contributed by atoms with Crippen molar-refractivity contribution in [3.05, 3.63) is 0 Å². The second-order valence-electron chi connectivity index (χ2n) is 5.77. The summed E-state index contributed by atoms with van der Waals surface area (Å²) in [7, 11) is -1.62. The third-order valence-electron chi connectivity index (χ3n) is 3.38. The third-order valence-corrected chi connectivity index (χ3v) is 4.36. The van der Waals surface area contributed by atoms with Crippen LogP contribution in [0.1, 0.15) is 12.8 Å². The average Bonchev–Trinajstić information content (AvgIpc) is 2.17. The van der Waals surface area contributed by atoms with Gasteiger partial charge in [0, 0.05) is 12.5 Å². The fourth-order valence-corrected chi connectivity index (χ4v) is 4.20. The molecule has 3 fully saturated rings. The molecule has 1 atom stereocenters. The van der Waals surface area contributed by atoms with Crippen molar-refractivity contribution in [1.82, 2.24) is 4.90 Å². The van der Waals surface area contributed by atoms with Gasteiger partial charge in [0.2, 0.25) is 0 Å². The highest BCUT2D eigenvalue weighted by Gasteiger charge is 2.49. The average molecular weight is 224 g/mol. The molecule has 0 N–H and O–H groups in total. The normalized spacial score (nSPS) is 40.1. The van der Waals surface area contributed by atoms with Gasteiger partial charge in [-0.2, -0.15) is 5.26 Å². The summed E-state index contributed by atoms with van der Waals surface area (Å²) in [5.41, 5.74) is -0.485. The summed E-state index contributed by atoms with van der Waals surface area (Å²) in [5.74, 6) is 0.472. The minimum atomic E-state index is -1.62. The van der Waals surface area contributed by atoms with Gasteiger partial charge in [-0.05, 0) is 45.6 Å². The molecular weight excluding hydrogens is 204 g/mol. The van der Waals surface area contributed by atoms with Crippen LogP contribution in [0.2, 0.25) is 19.6 Å². The lowest BCUT2D eigenvalue weighted by Gasteiger charge is -2.51. The first-order chi connectivity index (χ1) is 6.95. The Kier molecular flexibility index (Phi) is 2.66. The zero-order chi connectivity index (χ0) is 11.1. The van der Waals surface area contributed by atoms with E-state index in [1.165, 1.54) is 0 Å². The second kappa shape index (κ2) is 3.58. The van der Waals surface area contributed by atoms with Crippen molar-refractivity contribution in [3.63, 3.8) is 0 Å². The van der Waals surface area contributed by atoms with E-state index in [1.807, 2.05) is 0 Å². The highest BCUT2D eigenvalue weighted by atomic mass is 28.4. The molecule has 0 aromatic rings. The minimum absolute atomic E-state index is 0.472. The van der Waals surface area contributed by atoms with Crippen molar-refractivity contribution < 1.29 is 4.43 Å². The molecule has 0 spiro atoms. The molecule has 3 aliphatic rings. The zero-order valence-corrected chi connectivity index (χ0v) is 10.9. The third kappa shape index (κ3) is 2.10. The van der Waals surface area contributed by atoms with Crippen molar-refractivity contribution in [1.29, 1.82) is 5.26 Å². The molecule has 3 aliphatic heterocycles. The number of fused-ring (bicyclic) bond motifs is 3. The van der Waals surface area contributed by atoms with Gasteiger partial charge in [0.05, 0.1) is 6.07 Å². The fourth-order valence-electron chi connectivity index (χ4n) is 2.83. The van der Waals surface area contributed by atoms with Gasteiger partial charge in [0.1, 0.15) is 0 Å². The molecule has 0 aromatic carbocycles. The van der Waals surface area contributed by atoms with Crippen LogP contribution in [0.5, 0.6) is 0 Å². The summed E-state index contributed by atoms with van der Waals surface area (Å²) >= 11 is 0. The molecule has 4 heteroatoms. The van der Waals surface area contributed by atoms with Gasteiger partial charge in [-0.1, -0.05) is 0 Å². The molecule has 0 radical (unpaired) electrons. The number of hydrogen-bond donors (Lipinski definition) is 0. The van der Waals surface area contributed by atoms with E-state index in [0.717, 1.165) is 32.5 Å². The Balaban J connectivity index is 2.19. The predicted molar refractivity (Wildman–Crippen MR) is 61.9 cm³/mol. The van der Waals surface area contributed by atoms with Crippen LogP contribution in [0.15, 0.2) is 0 Å². The molecule has 3 rings (SSSR count). The fraction of sp³-hybridized carbons (Fsp3) is 0.909. The molecular formula is C11H20N2OSi. The summed E-state index contributed by atoms with van der Waals surface area (Å²) in [6.45, 7) is 9.65. The maximum absolute atomic E-state index is 9.45. The Hall–Kier alpha value is -0.373. The van der Waals surface area contributed by atoms with Gasteiger partial charge in [-0.25, -0.2) is 0 Å². The predicted octanol–water partition coefficient (Wildman–Crippen LogP) is 1.83. The Labute approximate surface area is 93.1 Å². The molecule has 3 nitrogen and oxygen atoms in total. The molecule has 3 heterocycles. The lowest BCUT2D eigenvalue weighted by atomic mass is 9.76. The van der Waals surface area contributed by atoms with Crippen LogP contribution < -0.4 is 0 Å². The van der Waals surface area contributed by atoms with E-state index in [9.17, 15) is 5.26 Å². The van der Waals surface area contributed by atoms with Crippen molar-refractivity contribution in [2.24, 2.45) is 5.92 Å². The number of nitrogens with zero attached hydrogens (tertiary/aromatic N) is 2. The highest BCUT2D eigenvalue weighted by molar-refractivity contribution is 6.69. The Morgan fingerprint density at radius 2 is 1.93 bits per heavy atom. The summed E-state index contributed by atoms with van der Waals surface area (Å²) in [6, 6.07) is 2.48. The lowest BCUT2D eigenvalue weighted by molar-refractivity contribution is -0.0605. The highest BCUT2D eigenvalue weighted by Crippen LogP contribution is 2.39. The molecule has 0 aromatic heterocycles. The largest absolute Gasteiger partial charge is 0.399 e. The molecule has 2 bridgehead atoms. The van der Waals surface area contributed by atoms with Gasteiger partial charge in [0.15, 0.2) is 13.9 Å². The number of nitriles is 1. The lowest BCUT2D eigenvalue weighted by Crippen LogP contribution is -2.62. The number of piperidine rings is 3. The van der Waals surface area contributed by atoms with E-state index in [2.05, 4.69) is 30.6 Å². The number of hydrogen-bond acceptors (Lipinski definition) is 3. The van der Waals surface area contributed by atoms with Crippen LogP contribution in [-0.4, -0.2) is 38.5 Å². The molecule has 15 heavy (non-hydrogen) atoms. The molecule has 84 valence electrons. The first-order valence-electron chi connectivity index (χ1n) is 5.79. The standard InChI is InChI=1S/C11H20N2OSi/c1-15(2,3)14-11(8-12)9-13-6-4-10(11)5-7-13/h10H,4-7,9H2,1-3H3. The van der Waals surface area contributed by atoms with Crippen LogP contribution in [0.25, 0.3) is 0 Å². The maximum Gasteiger partial charge on any atom is 0.185 e. The number of rotatable bonds is 2. The van der Waals surface area contributed by atoms with Crippen LogP contribution in [0, 0.1) is 17.2 Å². The van der Waals surface area contributed by atoms with E-state index < -0.39 is 13.9 Å². The van der Waals surface area contributed by atoms with Crippen molar-refractivity contribution in [2.75, 3.05) is 19.6 Å². The Bertz CT molecular complexity index is 286. The smallest absolute Gasteiger partial charge is 0.185 e. The van der Waals surface area contributed by atoms with E-state index in [-0.39, 0.29) is 0 Å². The molecule has 3 saturated heterocycles. The van der Waals surface area contributed by atoms with Gasteiger partial charge in [-0.15, -0.1) is 0 Å². The van der Waals surface area contributed by atoms with Gasteiger partial charge in [0.25, 0.3) is 0 Å². The van der Waals surface area contributed by atoms with Crippen LogP contribution in [0.4, 0.5) is 0 Å². The quantitative estimate of drug-likeness (QED) is 0.671. The summed E-state index contributed by atoms with van der Waals surface area (Å²) in [6.07, 6.45) is 2.27. The summed E-state index contributed by atoms with van der Waals surface area (Å²) in [5, 5.41) is 9.45. The molecule has 0 amide bonds. The topological polar surface area (TPSA) is 36.3 Å². The van der Waals surface area contributed by atoms with Crippen molar-refractivity contribution in [2.45, 2.75) is 38.1 Å². The Morgan fingerprint density at radius 1 is 1.33 bits per heavy atom. The molecule has 1 unspecified atom stereocenters. The monoisotopic (exact) mass is 224 g/mol. The summed E-state index contributed by atoms with van der Waals surface area (Å²) < 4.78 is 6.19. The van der Waals surface area contributed by atoms with Crippen LogP contribution in [0.3, 0.4) is 0 Å². The van der Waals surface area contributed by atoms with Crippen molar-refractivity contribution >= 4 is 8.32 Å².